The van der Waals surface area contributed by atoms with Gasteiger partial charge < -0.3 is 9.84 Å². The summed E-state index contributed by atoms with van der Waals surface area (Å²) in [4.78, 5) is 17.1. The Labute approximate surface area is 159 Å². The number of carbonyl (C=O) groups excluding carboxylic acids is 1. The van der Waals surface area contributed by atoms with Gasteiger partial charge in [-0.2, -0.15) is 0 Å². The van der Waals surface area contributed by atoms with Gasteiger partial charge in [0.05, 0.1) is 30.5 Å². The number of fused-ring (bicyclic) bond motifs is 1. The highest BCUT2D eigenvalue weighted by atomic mass is 127. The highest BCUT2D eigenvalue weighted by Gasteiger charge is 2.15. The molecule has 5 heteroatoms. The number of benzene rings is 2. The van der Waals surface area contributed by atoms with Crippen LogP contribution in [0.3, 0.4) is 0 Å². The zero-order valence-electron chi connectivity index (χ0n) is 13.6. The Morgan fingerprint density at radius 1 is 1.24 bits per heavy atom. The van der Waals surface area contributed by atoms with Gasteiger partial charge >= 0.3 is 0 Å². The van der Waals surface area contributed by atoms with Crippen molar-refractivity contribution in [2.24, 2.45) is 0 Å². The van der Waals surface area contributed by atoms with Crippen molar-refractivity contribution in [3.8, 4) is 5.75 Å². The number of aliphatic hydroxyl groups excluding tert-OH is 1. The highest BCUT2D eigenvalue weighted by Crippen LogP contribution is 2.27. The van der Waals surface area contributed by atoms with Crippen LogP contribution in [0.25, 0.3) is 17.0 Å². The summed E-state index contributed by atoms with van der Waals surface area (Å²) in [5.41, 5.74) is 2.79. The normalized spacial score (nSPS) is 11.2. The van der Waals surface area contributed by atoms with Crippen molar-refractivity contribution in [3.05, 3.63) is 75.0 Å². The van der Waals surface area contributed by atoms with Crippen molar-refractivity contribution in [2.75, 3.05) is 7.11 Å². The van der Waals surface area contributed by atoms with Gasteiger partial charge in [0.25, 0.3) is 0 Å². The molecule has 0 amide bonds. The second-order valence-corrected chi connectivity index (χ2v) is 6.60. The number of carbonyl (C=O) groups is 1. The molecule has 0 atom stereocenters. The third-order valence-electron chi connectivity index (χ3n) is 3.79. The molecular weight excluding hydrogens is 429 g/mol. The molecule has 0 fully saturated rings. The molecular formula is C20H16INO3. The number of halogens is 1. The Hall–Kier alpha value is -2.25. The first-order chi connectivity index (χ1) is 12.1. The second-order valence-electron chi connectivity index (χ2n) is 5.44. The Morgan fingerprint density at radius 3 is 2.80 bits per heavy atom. The third kappa shape index (κ3) is 3.88. The number of ketones is 1. The average Bonchev–Trinajstić information content (AvgIpc) is 2.65. The van der Waals surface area contributed by atoms with Crippen LogP contribution in [0.15, 0.2) is 54.6 Å². The maximum Gasteiger partial charge on any atom is 0.190 e. The van der Waals surface area contributed by atoms with E-state index in [1.54, 1.807) is 18.2 Å². The van der Waals surface area contributed by atoms with Crippen LogP contribution in [-0.2, 0) is 6.61 Å². The van der Waals surface area contributed by atoms with Crippen molar-refractivity contribution in [3.63, 3.8) is 0 Å². The number of allylic oxidation sites excluding steroid dienone is 1. The number of hydrogen-bond acceptors (Lipinski definition) is 4. The summed E-state index contributed by atoms with van der Waals surface area (Å²) in [7, 11) is 1.51. The number of para-hydroxylation sites is 1. The maximum atomic E-state index is 12.6. The van der Waals surface area contributed by atoms with Gasteiger partial charge in [0.15, 0.2) is 5.78 Å². The van der Waals surface area contributed by atoms with Gasteiger partial charge in [0, 0.05) is 8.96 Å². The highest BCUT2D eigenvalue weighted by molar-refractivity contribution is 14.1. The Kier molecular flexibility index (Phi) is 5.45. The molecule has 3 aromatic rings. The van der Waals surface area contributed by atoms with E-state index in [0.29, 0.717) is 22.6 Å². The summed E-state index contributed by atoms with van der Waals surface area (Å²) >= 11 is 2.08. The Bertz CT molecular complexity index is 966. The molecule has 0 saturated heterocycles. The number of methoxy groups -OCH3 is 1. The van der Waals surface area contributed by atoms with Crippen LogP contribution in [0.1, 0.15) is 21.6 Å². The van der Waals surface area contributed by atoms with E-state index in [1.165, 1.54) is 13.2 Å². The molecule has 0 bridgehead atoms. The fraction of sp³-hybridized carbons (Fsp3) is 0.100. The molecule has 0 aliphatic carbocycles. The summed E-state index contributed by atoms with van der Waals surface area (Å²) in [5, 5.41) is 10.3. The number of nitrogens with zero attached hydrogens (tertiary/aromatic N) is 1. The van der Waals surface area contributed by atoms with E-state index in [1.807, 2.05) is 36.4 Å². The molecule has 1 heterocycles. The number of hydrogen-bond donors (Lipinski definition) is 1. The Morgan fingerprint density at radius 2 is 2.04 bits per heavy atom. The summed E-state index contributed by atoms with van der Waals surface area (Å²) in [6.45, 7) is -0.0995. The fourth-order valence-corrected chi connectivity index (χ4v) is 3.48. The summed E-state index contributed by atoms with van der Waals surface area (Å²) in [6.07, 6.45) is 3.19. The van der Waals surface area contributed by atoms with E-state index in [0.717, 1.165) is 14.5 Å². The maximum absolute atomic E-state index is 12.6. The fourth-order valence-electron chi connectivity index (χ4n) is 2.55. The zero-order chi connectivity index (χ0) is 17.8. The van der Waals surface area contributed by atoms with Gasteiger partial charge in [-0.05, 0) is 64.6 Å². The first-order valence-corrected chi connectivity index (χ1v) is 8.75. The van der Waals surface area contributed by atoms with E-state index in [9.17, 15) is 9.90 Å². The SMILES string of the molecule is COc1cc(CO)cc(I)c1C(=O)/C=C/c1ccc2ccccc2n1. The molecule has 0 radical (unpaired) electrons. The Balaban J connectivity index is 1.91. The van der Waals surface area contributed by atoms with Crippen molar-refractivity contribution in [2.45, 2.75) is 6.61 Å². The zero-order valence-corrected chi connectivity index (χ0v) is 15.7. The van der Waals surface area contributed by atoms with Gasteiger partial charge in [-0.3, -0.25) is 4.79 Å². The minimum atomic E-state index is -0.166. The average molecular weight is 445 g/mol. The number of aromatic nitrogens is 1. The molecule has 3 rings (SSSR count). The standard InChI is InChI=1S/C20H16INO3/c1-25-19-11-13(12-23)10-16(21)20(19)18(24)9-8-15-7-6-14-4-2-3-5-17(14)22-15/h2-11,23H,12H2,1H3/b9-8+. The number of ether oxygens (including phenoxy) is 1. The van der Waals surface area contributed by atoms with Crippen LogP contribution in [0.5, 0.6) is 5.75 Å². The lowest BCUT2D eigenvalue weighted by atomic mass is 10.1. The molecule has 1 N–H and O–H groups in total. The molecule has 1 aromatic heterocycles. The predicted molar refractivity (Wildman–Crippen MR) is 107 cm³/mol. The molecule has 0 saturated carbocycles. The molecule has 0 aliphatic rings. The van der Waals surface area contributed by atoms with Gasteiger partial charge in [0.1, 0.15) is 5.75 Å². The van der Waals surface area contributed by atoms with Crippen LogP contribution in [0.4, 0.5) is 0 Å². The quantitative estimate of drug-likeness (QED) is 0.363. The van der Waals surface area contributed by atoms with Crippen LogP contribution >= 0.6 is 22.6 Å². The van der Waals surface area contributed by atoms with Crippen LogP contribution in [0, 0.1) is 3.57 Å². The molecule has 0 unspecified atom stereocenters. The molecule has 4 nitrogen and oxygen atoms in total. The van der Waals surface area contributed by atoms with Crippen molar-refractivity contribution < 1.29 is 14.6 Å². The first kappa shape index (κ1) is 17.6. The van der Waals surface area contributed by atoms with Crippen LogP contribution in [0.2, 0.25) is 0 Å². The smallest absolute Gasteiger partial charge is 0.190 e. The van der Waals surface area contributed by atoms with Gasteiger partial charge in [-0.1, -0.05) is 24.3 Å². The summed E-state index contributed by atoms with van der Waals surface area (Å²) in [6, 6.07) is 15.1. The van der Waals surface area contributed by atoms with E-state index >= 15 is 0 Å². The van der Waals surface area contributed by atoms with Gasteiger partial charge in [-0.15, -0.1) is 0 Å². The predicted octanol–water partition coefficient (Wildman–Crippen LogP) is 4.24. The molecule has 25 heavy (non-hydrogen) atoms. The number of pyridine rings is 1. The lowest BCUT2D eigenvalue weighted by Crippen LogP contribution is -2.04. The molecule has 0 spiro atoms. The van der Waals surface area contributed by atoms with E-state index in [2.05, 4.69) is 27.6 Å². The summed E-state index contributed by atoms with van der Waals surface area (Å²) < 4.78 is 6.05. The van der Waals surface area contributed by atoms with Crippen LogP contribution in [-0.4, -0.2) is 23.0 Å². The van der Waals surface area contributed by atoms with Gasteiger partial charge in [-0.25, -0.2) is 4.98 Å². The second kappa shape index (κ2) is 7.76. The minimum absolute atomic E-state index is 0.0995. The largest absolute Gasteiger partial charge is 0.496 e. The number of aliphatic hydroxyl groups is 1. The minimum Gasteiger partial charge on any atom is -0.496 e. The van der Waals surface area contributed by atoms with E-state index < -0.39 is 0 Å². The van der Waals surface area contributed by atoms with Gasteiger partial charge in [0.2, 0.25) is 0 Å². The third-order valence-corrected chi connectivity index (χ3v) is 4.64. The van der Waals surface area contributed by atoms with E-state index in [4.69, 9.17) is 4.74 Å². The monoisotopic (exact) mass is 445 g/mol. The lowest BCUT2D eigenvalue weighted by Gasteiger charge is -2.10. The van der Waals surface area contributed by atoms with Crippen molar-refractivity contribution in [1.82, 2.24) is 4.98 Å². The molecule has 0 aliphatic heterocycles. The first-order valence-electron chi connectivity index (χ1n) is 7.68. The van der Waals surface area contributed by atoms with Crippen molar-refractivity contribution in [1.29, 1.82) is 0 Å². The summed E-state index contributed by atoms with van der Waals surface area (Å²) in [5.74, 6) is 0.290. The van der Waals surface area contributed by atoms with Crippen molar-refractivity contribution >= 4 is 45.4 Å². The van der Waals surface area contributed by atoms with E-state index in [-0.39, 0.29) is 12.4 Å². The molecule has 126 valence electrons. The lowest BCUT2D eigenvalue weighted by molar-refractivity contribution is 0.104. The number of rotatable bonds is 5. The topological polar surface area (TPSA) is 59.4 Å². The molecule has 2 aromatic carbocycles. The van der Waals surface area contributed by atoms with Crippen LogP contribution < -0.4 is 4.74 Å².